The Balaban J connectivity index is 2.08. The van der Waals surface area contributed by atoms with Crippen LogP contribution in [-0.4, -0.2) is 0 Å². The fourth-order valence-corrected chi connectivity index (χ4v) is 2.89. The van der Waals surface area contributed by atoms with Crippen molar-refractivity contribution >= 4 is 16.9 Å². The number of rotatable bonds is 5. The van der Waals surface area contributed by atoms with Crippen LogP contribution in [0.1, 0.15) is 19.4 Å². The predicted octanol–water partition coefficient (Wildman–Crippen LogP) is 7.08. The van der Waals surface area contributed by atoms with E-state index in [9.17, 15) is 0 Å². The Morgan fingerprint density at radius 2 is 1.40 bits per heavy atom. The molecule has 0 radical (unpaired) electrons. The maximum atomic E-state index is 3.52. The highest BCUT2D eigenvalue weighted by atomic mass is 14.9. The molecule has 124 valence electrons. The van der Waals surface area contributed by atoms with Gasteiger partial charge in [0.05, 0.1) is 0 Å². The lowest BCUT2D eigenvalue weighted by molar-refractivity contribution is 1.51. The molecule has 0 fully saturated rings. The fourth-order valence-electron chi connectivity index (χ4n) is 2.89. The van der Waals surface area contributed by atoms with Crippen LogP contribution in [0.5, 0.6) is 0 Å². The predicted molar refractivity (Wildman–Crippen MR) is 110 cm³/mol. The number of anilines is 2. The Morgan fingerprint density at radius 1 is 0.720 bits per heavy atom. The number of para-hydroxylation sites is 1. The summed E-state index contributed by atoms with van der Waals surface area (Å²) in [4.78, 5) is 0. The largest absolute Gasteiger partial charge is 0.355 e. The number of hydrogen-bond acceptors (Lipinski definition) is 1. The van der Waals surface area contributed by atoms with Crippen molar-refractivity contribution in [1.29, 1.82) is 0 Å². The summed E-state index contributed by atoms with van der Waals surface area (Å²) in [6.07, 6.45) is 6.38. The van der Waals surface area contributed by atoms with Crippen LogP contribution < -0.4 is 5.32 Å². The molecule has 0 saturated heterocycles. The quantitative estimate of drug-likeness (QED) is 0.494. The molecule has 0 bridgehead atoms. The lowest BCUT2D eigenvalue weighted by Crippen LogP contribution is -1.93. The molecular formula is C24H23N. The van der Waals surface area contributed by atoms with Crippen LogP contribution in [0.15, 0.2) is 97.1 Å². The zero-order valence-corrected chi connectivity index (χ0v) is 14.7. The summed E-state index contributed by atoms with van der Waals surface area (Å²) >= 11 is 0. The minimum absolute atomic E-state index is 1.09. The van der Waals surface area contributed by atoms with Crippen molar-refractivity contribution < 1.29 is 0 Å². The number of nitrogens with one attached hydrogen (secondary N) is 1. The van der Waals surface area contributed by atoms with Gasteiger partial charge in [0.25, 0.3) is 0 Å². The van der Waals surface area contributed by atoms with Gasteiger partial charge in [0.2, 0.25) is 0 Å². The SMILES string of the molecule is C/C=C\C(=C/C)c1cc(Nc2ccccc2)cc(-c2ccccc2)c1. The summed E-state index contributed by atoms with van der Waals surface area (Å²) in [5.41, 5.74) is 7.03. The van der Waals surface area contributed by atoms with Crippen molar-refractivity contribution in [1.82, 2.24) is 0 Å². The van der Waals surface area contributed by atoms with Crippen molar-refractivity contribution in [2.45, 2.75) is 13.8 Å². The average molecular weight is 325 g/mol. The first-order valence-corrected chi connectivity index (χ1v) is 8.62. The molecule has 0 spiro atoms. The van der Waals surface area contributed by atoms with Crippen LogP contribution in [0.4, 0.5) is 11.4 Å². The first-order chi connectivity index (χ1) is 12.3. The first-order valence-electron chi connectivity index (χ1n) is 8.62. The van der Waals surface area contributed by atoms with Gasteiger partial charge in [-0.1, -0.05) is 66.8 Å². The lowest BCUT2D eigenvalue weighted by Gasteiger charge is -2.13. The maximum absolute atomic E-state index is 3.52. The zero-order valence-electron chi connectivity index (χ0n) is 14.7. The topological polar surface area (TPSA) is 12.0 Å². The van der Waals surface area contributed by atoms with E-state index < -0.39 is 0 Å². The van der Waals surface area contributed by atoms with Crippen LogP contribution in [-0.2, 0) is 0 Å². The average Bonchev–Trinajstić information content (AvgIpc) is 2.67. The molecule has 0 unspecified atom stereocenters. The monoisotopic (exact) mass is 325 g/mol. The third kappa shape index (κ3) is 4.27. The Morgan fingerprint density at radius 3 is 2.04 bits per heavy atom. The van der Waals surface area contributed by atoms with Gasteiger partial charge >= 0.3 is 0 Å². The lowest BCUT2D eigenvalue weighted by atomic mass is 9.97. The van der Waals surface area contributed by atoms with E-state index in [0.717, 1.165) is 11.4 Å². The van der Waals surface area contributed by atoms with Crippen LogP contribution >= 0.6 is 0 Å². The van der Waals surface area contributed by atoms with E-state index in [0.29, 0.717) is 0 Å². The molecule has 0 saturated carbocycles. The van der Waals surface area contributed by atoms with Crippen molar-refractivity contribution in [3.63, 3.8) is 0 Å². The molecule has 0 heterocycles. The summed E-state index contributed by atoms with van der Waals surface area (Å²) in [6, 6.07) is 27.4. The Hall–Kier alpha value is -3.06. The fraction of sp³-hybridized carbons (Fsp3) is 0.0833. The molecular weight excluding hydrogens is 302 g/mol. The Bertz CT molecular complexity index is 874. The third-order valence-corrected chi connectivity index (χ3v) is 4.09. The highest BCUT2D eigenvalue weighted by molar-refractivity contribution is 5.82. The molecule has 0 aromatic heterocycles. The second kappa shape index (κ2) is 8.16. The van der Waals surface area contributed by atoms with E-state index in [1.165, 1.54) is 22.3 Å². The van der Waals surface area contributed by atoms with Crippen LogP contribution in [0, 0.1) is 0 Å². The van der Waals surface area contributed by atoms with E-state index in [4.69, 9.17) is 0 Å². The summed E-state index contributed by atoms with van der Waals surface area (Å²) < 4.78 is 0. The molecule has 0 aliphatic carbocycles. The molecule has 1 heteroatoms. The van der Waals surface area contributed by atoms with Gasteiger partial charge < -0.3 is 5.32 Å². The summed E-state index contributed by atoms with van der Waals surface area (Å²) in [5, 5.41) is 3.52. The molecule has 1 N–H and O–H groups in total. The molecule has 0 atom stereocenters. The Kier molecular flexibility index (Phi) is 5.48. The van der Waals surface area contributed by atoms with Gasteiger partial charge in [0.1, 0.15) is 0 Å². The molecule has 0 aliphatic heterocycles. The van der Waals surface area contributed by atoms with E-state index in [1.807, 2.05) is 31.2 Å². The van der Waals surface area contributed by atoms with E-state index in [2.05, 4.69) is 85.1 Å². The Labute approximate surface area is 150 Å². The maximum Gasteiger partial charge on any atom is 0.0396 e. The second-order valence-electron chi connectivity index (χ2n) is 5.90. The number of benzene rings is 3. The molecule has 3 aromatic carbocycles. The molecule has 3 aromatic rings. The molecule has 25 heavy (non-hydrogen) atoms. The van der Waals surface area contributed by atoms with Crippen molar-refractivity contribution in [3.8, 4) is 11.1 Å². The van der Waals surface area contributed by atoms with Crippen LogP contribution in [0.25, 0.3) is 16.7 Å². The van der Waals surface area contributed by atoms with E-state index in [1.54, 1.807) is 0 Å². The summed E-state index contributed by atoms with van der Waals surface area (Å²) in [7, 11) is 0. The van der Waals surface area contributed by atoms with Crippen LogP contribution in [0.2, 0.25) is 0 Å². The number of hydrogen-bond donors (Lipinski definition) is 1. The van der Waals surface area contributed by atoms with Gasteiger partial charge in [-0.25, -0.2) is 0 Å². The van der Waals surface area contributed by atoms with Gasteiger partial charge in [0, 0.05) is 11.4 Å². The van der Waals surface area contributed by atoms with Crippen molar-refractivity contribution in [2.24, 2.45) is 0 Å². The molecule has 0 amide bonds. The normalized spacial score (nSPS) is 11.7. The highest BCUT2D eigenvalue weighted by Crippen LogP contribution is 2.30. The molecule has 3 rings (SSSR count). The number of allylic oxidation sites excluding steroid dienone is 4. The standard InChI is InChI=1S/C24H23N/c1-3-11-19(4-2)21-16-22(20-12-7-5-8-13-20)18-24(17-21)25-23-14-9-6-10-15-23/h3-18,25H,1-2H3/b11-3-,19-4+. The molecule has 0 aliphatic rings. The van der Waals surface area contributed by atoms with Crippen molar-refractivity contribution in [3.05, 3.63) is 103 Å². The van der Waals surface area contributed by atoms with Crippen molar-refractivity contribution in [2.75, 3.05) is 5.32 Å². The third-order valence-electron chi connectivity index (χ3n) is 4.09. The minimum atomic E-state index is 1.09. The first kappa shape index (κ1) is 16.8. The second-order valence-corrected chi connectivity index (χ2v) is 5.90. The van der Waals surface area contributed by atoms with E-state index in [-0.39, 0.29) is 0 Å². The zero-order chi connectivity index (χ0) is 17.5. The van der Waals surface area contributed by atoms with Crippen LogP contribution in [0.3, 0.4) is 0 Å². The highest BCUT2D eigenvalue weighted by Gasteiger charge is 2.06. The smallest absolute Gasteiger partial charge is 0.0396 e. The van der Waals surface area contributed by atoms with E-state index >= 15 is 0 Å². The van der Waals surface area contributed by atoms with Gasteiger partial charge in [-0.05, 0) is 66.4 Å². The minimum Gasteiger partial charge on any atom is -0.355 e. The van der Waals surface area contributed by atoms with Gasteiger partial charge in [-0.3, -0.25) is 0 Å². The van der Waals surface area contributed by atoms with Gasteiger partial charge in [-0.2, -0.15) is 0 Å². The summed E-state index contributed by atoms with van der Waals surface area (Å²) in [6.45, 7) is 4.13. The van der Waals surface area contributed by atoms with Gasteiger partial charge in [-0.15, -0.1) is 0 Å². The molecule has 1 nitrogen and oxygen atoms in total. The van der Waals surface area contributed by atoms with Gasteiger partial charge in [0.15, 0.2) is 0 Å². The summed E-state index contributed by atoms with van der Waals surface area (Å²) in [5.74, 6) is 0.